The number of nitrogens with zero attached hydrogens (tertiary/aromatic N) is 1. The van der Waals surface area contributed by atoms with E-state index in [0.29, 0.717) is 10.7 Å². The third-order valence-electron chi connectivity index (χ3n) is 3.17. The summed E-state index contributed by atoms with van der Waals surface area (Å²) >= 11 is 9.34. The van der Waals surface area contributed by atoms with E-state index in [1.165, 1.54) is 12.1 Å². The molecule has 0 saturated heterocycles. The van der Waals surface area contributed by atoms with E-state index in [-0.39, 0.29) is 11.7 Å². The summed E-state index contributed by atoms with van der Waals surface area (Å²) in [4.78, 5) is 10.7. The molecule has 0 fully saturated rings. The Morgan fingerprint density at radius 3 is 2.52 bits per heavy atom. The number of nitrogens with one attached hydrogen (secondary N) is 1. The third kappa shape index (κ3) is 3.95. The van der Waals surface area contributed by atoms with Crippen molar-refractivity contribution >= 4 is 38.9 Å². The van der Waals surface area contributed by atoms with Crippen LogP contribution in [0.5, 0.6) is 0 Å². The van der Waals surface area contributed by atoms with Gasteiger partial charge >= 0.3 is 0 Å². The molecule has 21 heavy (non-hydrogen) atoms. The maximum atomic E-state index is 11.1. The van der Waals surface area contributed by atoms with Crippen LogP contribution in [0.3, 0.4) is 0 Å². The second kappa shape index (κ2) is 6.91. The molecular weight excluding hydrogens is 356 g/mol. The fraction of sp³-hybridized carbons (Fsp3) is 0.200. The molecule has 4 nitrogen and oxygen atoms in total. The lowest BCUT2D eigenvalue weighted by Crippen LogP contribution is -2.11. The van der Waals surface area contributed by atoms with Crippen LogP contribution in [0.15, 0.2) is 46.9 Å². The van der Waals surface area contributed by atoms with E-state index in [4.69, 9.17) is 11.6 Å². The molecule has 0 saturated carbocycles. The van der Waals surface area contributed by atoms with Crippen LogP contribution in [0.25, 0.3) is 0 Å². The number of benzene rings is 2. The zero-order valence-electron chi connectivity index (χ0n) is 11.3. The first-order valence-electron chi connectivity index (χ1n) is 6.47. The summed E-state index contributed by atoms with van der Waals surface area (Å²) in [5.41, 5.74) is 1.52. The highest BCUT2D eigenvalue weighted by Gasteiger charge is 2.17. The highest BCUT2D eigenvalue weighted by molar-refractivity contribution is 9.10. The Labute approximate surface area is 136 Å². The summed E-state index contributed by atoms with van der Waals surface area (Å²) in [6.07, 6.45) is 0.797. The Morgan fingerprint density at radius 1 is 1.29 bits per heavy atom. The summed E-state index contributed by atoms with van der Waals surface area (Å²) in [6, 6.07) is 12.4. The average molecular weight is 370 g/mol. The van der Waals surface area contributed by atoms with Crippen LogP contribution in [0.4, 0.5) is 11.4 Å². The lowest BCUT2D eigenvalue weighted by molar-refractivity contribution is -0.384. The summed E-state index contributed by atoms with van der Waals surface area (Å²) in [7, 11) is 0. The van der Waals surface area contributed by atoms with E-state index in [9.17, 15) is 10.1 Å². The molecule has 0 bridgehead atoms. The van der Waals surface area contributed by atoms with Gasteiger partial charge in [-0.2, -0.15) is 0 Å². The first kappa shape index (κ1) is 15.8. The van der Waals surface area contributed by atoms with Crippen LogP contribution >= 0.6 is 27.5 Å². The monoisotopic (exact) mass is 368 g/mol. The van der Waals surface area contributed by atoms with E-state index in [1.807, 2.05) is 31.2 Å². The number of nitro groups is 1. The molecule has 6 heteroatoms. The van der Waals surface area contributed by atoms with Crippen LogP contribution in [-0.4, -0.2) is 4.92 Å². The molecule has 1 atom stereocenters. The van der Waals surface area contributed by atoms with E-state index >= 15 is 0 Å². The Hall–Kier alpha value is -1.59. The van der Waals surface area contributed by atoms with Gasteiger partial charge in [-0.15, -0.1) is 0 Å². The summed E-state index contributed by atoms with van der Waals surface area (Å²) < 4.78 is 0.995. The number of nitro benzene ring substituents is 1. The molecule has 2 rings (SSSR count). The summed E-state index contributed by atoms with van der Waals surface area (Å²) in [5, 5.41) is 14.8. The van der Waals surface area contributed by atoms with Gasteiger partial charge in [0.1, 0.15) is 5.69 Å². The van der Waals surface area contributed by atoms with Crippen molar-refractivity contribution in [2.75, 3.05) is 5.32 Å². The Morgan fingerprint density at radius 2 is 1.95 bits per heavy atom. The van der Waals surface area contributed by atoms with Crippen molar-refractivity contribution in [2.45, 2.75) is 19.4 Å². The highest BCUT2D eigenvalue weighted by Crippen LogP contribution is 2.32. The van der Waals surface area contributed by atoms with Gasteiger partial charge in [-0.1, -0.05) is 46.6 Å². The van der Waals surface area contributed by atoms with E-state index in [1.54, 1.807) is 6.07 Å². The fourth-order valence-electron chi connectivity index (χ4n) is 2.09. The van der Waals surface area contributed by atoms with Crippen molar-refractivity contribution in [1.29, 1.82) is 0 Å². The van der Waals surface area contributed by atoms with Gasteiger partial charge in [0.25, 0.3) is 5.69 Å². The van der Waals surface area contributed by atoms with Crippen molar-refractivity contribution in [1.82, 2.24) is 0 Å². The summed E-state index contributed by atoms with van der Waals surface area (Å²) in [6.45, 7) is 2.02. The SMILES string of the molecule is CCC(Nc1cc(Cl)ccc1[N+](=O)[O-])c1ccc(Br)cc1. The van der Waals surface area contributed by atoms with Gasteiger partial charge in [-0.05, 0) is 36.2 Å². The largest absolute Gasteiger partial charge is 0.373 e. The third-order valence-corrected chi connectivity index (χ3v) is 3.93. The van der Waals surface area contributed by atoms with Gasteiger partial charge in [0.2, 0.25) is 0 Å². The molecular formula is C15H14BrClN2O2. The van der Waals surface area contributed by atoms with E-state index < -0.39 is 4.92 Å². The predicted molar refractivity (Wildman–Crippen MR) is 88.9 cm³/mol. The second-order valence-corrected chi connectivity index (χ2v) is 5.93. The lowest BCUT2D eigenvalue weighted by atomic mass is 10.0. The predicted octanol–water partition coefficient (Wildman–Crippen LogP) is 5.57. The van der Waals surface area contributed by atoms with Gasteiger partial charge in [0.15, 0.2) is 0 Å². The first-order valence-corrected chi connectivity index (χ1v) is 7.64. The van der Waals surface area contributed by atoms with Gasteiger partial charge < -0.3 is 5.32 Å². The van der Waals surface area contributed by atoms with Crippen molar-refractivity contribution in [3.8, 4) is 0 Å². The zero-order chi connectivity index (χ0) is 15.4. The van der Waals surface area contributed by atoms with Crippen LogP contribution in [0, 0.1) is 10.1 Å². The van der Waals surface area contributed by atoms with Crippen LogP contribution < -0.4 is 5.32 Å². The first-order chi connectivity index (χ1) is 10.0. The number of halogens is 2. The Kier molecular flexibility index (Phi) is 5.20. The standard InChI is InChI=1S/C15H14BrClN2O2/c1-2-13(10-3-5-11(16)6-4-10)18-14-9-12(17)7-8-15(14)19(20)21/h3-9,13,18H,2H2,1H3. The van der Waals surface area contributed by atoms with Crippen molar-refractivity contribution < 1.29 is 4.92 Å². The fourth-order valence-corrected chi connectivity index (χ4v) is 2.52. The summed E-state index contributed by atoms with van der Waals surface area (Å²) in [5.74, 6) is 0. The molecule has 0 radical (unpaired) electrons. The van der Waals surface area contributed by atoms with Gasteiger partial charge in [-0.25, -0.2) is 0 Å². The zero-order valence-corrected chi connectivity index (χ0v) is 13.7. The molecule has 2 aromatic rings. The molecule has 0 aliphatic heterocycles. The number of anilines is 1. The Balaban J connectivity index is 2.32. The molecule has 110 valence electrons. The molecule has 0 spiro atoms. The second-order valence-electron chi connectivity index (χ2n) is 4.58. The lowest BCUT2D eigenvalue weighted by Gasteiger charge is -2.19. The van der Waals surface area contributed by atoms with Crippen molar-refractivity contribution in [3.63, 3.8) is 0 Å². The quantitative estimate of drug-likeness (QED) is 0.553. The molecule has 1 unspecified atom stereocenters. The van der Waals surface area contributed by atoms with Gasteiger partial charge in [0, 0.05) is 15.6 Å². The van der Waals surface area contributed by atoms with Crippen molar-refractivity contribution in [2.24, 2.45) is 0 Å². The highest BCUT2D eigenvalue weighted by atomic mass is 79.9. The number of hydrogen-bond acceptors (Lipinski definition) is 3. The topological polar surface area (TPSA) is 55.2 Å². The average Bonchev–Trinajstić information content (AvgIpc) is 2.45. The number of hydrogen-bond donors (Lipinski definition) is 1. The minimum Gasteiger partial charge on any atom is -0.373 e. The molecule has 0 amide bonds. The van der Waals surface area contributed by atoms with Crippen LogP contribution in [0.2, 0.25) is 5.02 Å². The van der Waals surface area contributed by atoms with E-state index in [0.717, 1.165) is 16.5 Å². The number of rotatable bonds is 5. The van der Waals surface area contributed by atoms with Gasteiger partial charge in [0.05, 0.1) is 11.0 Å². The molecule has 0 aliphatic rings. The normalized spacial score (nSPS) is 12.0. The molecule has 1 N–H and O–H groups in total. The molecule has 0 aliphatic carbocycles. The van der Waals surface area contributed by atoms with Crippen LogP contribution in [0.1, 0.15) is 24.9 Å². The Bertz CT molecular complexity index is 647. The maximum Gasteiger partial charge on any atom is 0.292 e. The molecule has 2 aromatic carbocycles. The maximum absolute atomic E-state index is 11.1. The van der Waals surface area contributed by atoms with E-state index in [2.05, 4.69) is 21.2 Å². The molecule has 0 aromatic heterocycles. The smallest absolute Gasteiger partial charge is 0.292 e. The minimum absolute atomic E-state index is 0.0183. The van der Waals surface area contributed by atoms with Crippen molar-refractivity contribution in [3.05, 3.63) is 67.6 Å². The van der Waals surface area contributed by atoms with Gasteiger partial charge in [-0.3, -0.25) is 10.1 Å². The minimum atomic E-state index is -0.410. The molecule has 0 heterocycles. The van der Waals surface area contributed by atoms with Crippen LogP contribution in [-0.2, 0) is 0 Å².